The third-order valence-electron chi connectivity index (χ3n) is 7.92. The number of esters is 1. The van der Waals surface area contributed by atoms with Gasteiger partial charge in [-0.25, -0.2) is 9.78 Å². The van der Waals surface area contributed by atoms with Crippen LogP contribution in [0.5, 0.6) is 11.5 Å². The van der Waals surface area contributed by atoms with Crippen LogP contribution < -0.4 is 9.47 Å². The molecule has 1 saturated heterocycles. The SMILES string of the molecule is C[C@@H]1CCC[C@@H](C)N1C(=O)COC(=O)c1c2c(nc3ccccc13)/C(=C\c1ccc3c(c1)OCO3)CCC2. The minimum absolute atomic E-state index is 0.131. The average molecular weight is 513 g/mol. The van der Waals surface area contributed by atoms with Crippen molar-refractivity contribution < 1.29 is 23.8 Å². The molecule has 0 saturated carbocycles. The molecule has 1 aliphatic carbocycles. The number of pyridine rings is 1. The predicted octanol–water partition coefficient (Wildman–Crippen LogP) is 5.79. The van der Waals surface area contributed by atoms with Crippen molar-refractivity contribution in [3.05, 3.63) is 64.8 Å². The third-order valence-corrected chi connectivity index (χ3v) is 7.92. The summed E-state index contributed by atoms with van der Waals surface area (Å²) in [6.45, 7) is 4.11. The number of fused-ring (bicyclic) bond motifs is 3. The molecule has 0 N–H and O–H groups in total. The Hall–Kier alpha value is -3.87. The van der Waals surface area contributed by atoms with E-state index in [0.29, 0.717) is 5.56 Å². The highest BCUT2D eigenvalue weighted by Gasteiger charge is 2.31. The fourth-order valence-electron chi connectivity index (χ4n) is 6.10. The molecule has 196 valence electrons. The molecule has 38 heavy (non-hydrogen) atoms. The molecule has 6 rings (SSSR count). The number of carbonyl (C=O) groups is 2. The fraction of sp³-hybridized carbons (Fsp3) is 0.387. The molecule has 0 unspecified atom stereocenters. The lowest BCUT2D eigenvalue weighted by Gasteiger charge is -2.38. The molecule has 7 nitrogen and oxygen atoms in total. The van der Waals surface area contributed by atoms with Crippen molar-refractivity contribution in [1.82, 2.24) is 9.88 Å². The van der Waals surface area contributed by atoms with Crippen LogP contribution in [0.25, 0.3) is 22.6 Å². The minimum atomic E-state index is -0.463. The van der Waals surface area contributed by atoms with Crippen LogP contribution in [0.1, 0.15) is 73.1 Å². The molecule has 3 aromatic rings. The first-order chi connectivity index (χ1) is 18.5. The van der Waals surface area contributed by atoms with E-state index in [-0.39, 0.29) is 31.4 Å². The number of para-hydroxylation sites is 1. The van der Waals surface area contributed by atoms with Gasteiger partial charge in [-0.2, -0.15) is 0 Å². The first kappa shape index (κ1) is 24.5. The van der Waals surface area contributed by atoms with Gasteiger partial charge in [0.05, 0.1) is 16.8 Å². The van der Waals surface area contributed by atoms with E-state index in [0.717, 1.165) is 83.3 Å². The molecular weight excluding hydrogens is 480 g/mol. The Morgan fingerprint density at radius 1 is 1.03 bits per heavy atom. The van der Waals surface area contributed by atoms with Crippen molar-refractivity contribution in [1.29, 1.82) is 0 Å². The summed E-state index contributed by atoms with van der Waals surface area (Å²) in [4.78, 5) is 33.5. The molecule has 2 aromatic carbocycles. The Bertz CT molecular complexity index is 1440. The van der Waals surface area contributed by atoms with Crippen molar-refractivity contribution in [3.63, 3.8) is 0 Å². The van der Waals surface area contributed by atoms with Crippen LogP contribution >= 0.6 is 0 Å². The molecule has 2 aliphatic heterocycles. The predicted molar refractivity (Wildman–Crippen MR) is 145 cm³/mol. The van der Waals surface area contributed by atoms with Crippen LogP contribution in [0.15, 0.2) is 42.5 Å². The Morgan fingerprint density at radius 2 is 1.82 bits per heavy atom. The number of hydrogen-bond donors (Lipinski definition) is 0. The Balaban J connectivity index is 1.33. The number of hydrogen-bond acceptors (Lipinski definition) is 6. The molecule has 1 fully saturated rings. The van der Waals surface area contributed by atoms with E-state index in [4.69, 9.17) is 19.2 Å². The maximum atomic E-state index is 13.6. The number of amides is 1. The summed E-state index contributed by atoms with van der Waals surface area (Å²) in [5.74, 6) is 0.880. The number of nitrogens with zero attached hydrogens (tertiary/aromatic N) is 2. The van der Waals surface area contributed by atoms with Gasteiger partial charge in [-0.1, -0.05) is 24.3 Å². The van der Waals surface area contributed by atoms with Gasteiger partial charge >= 0.3 is 5.97 Å². The third kappa shape index (κ3) is 4.51. The van der Waals surface area contributed by atoms with Gasteiger partial charge in [0, 0.05) is 17.5 Å². The molecule has 1 amide bonds. The molecule has 7 heteroatoms. The lowest BCUT2D eigenvalue weighted by atomic mass is 9.86. The fourth-order valence-corrected chi connectivity index (χ4v) is 6.10. The lowest BCUT2D eigenvalue weighted by molar-refractivity contribution is -0.140. The second-order valence-electron chi connectivity index (χ2n) is 10.5. The van der Waals surface area contributed by atoms with Gasteiger partial charge in [0.2, 0.25) is 6.79 Å². The van der Waals surface area contributed by atoms with Crippen molar-refractivity contribution in [3.8, 4) is 11.5 Å². The van der Waals surface area contributed by atoms with Gasteiger partial charge in [-0.15, -0.1) is 0 Å². The number of benzene rings is 2. The lowest BCUT2D eigenvalue weighted by Crippen LogP contribution is -2.49. The first-order valence-electron chi connectivity index (χ1n) is 13.5. The van der Waals surface area contributed by atoms with E-state index in [2.05, 4.69) is 19.9 Å². The summed E-state index contributed by atoms with van der Waals surface area (Å²) in [5, 5.41) is 0.757. The molecule has 0 radical (unpaired) electrons. The summed E-state index contributed by atoms with van der Waals surface area (Å²) >= 11 is 0. The number of aromatic nitrogens is 1. The van der Waals surface area contributed by atoms with E-state index < -0.39 is 5.97 Å². The van der Waals surface area contributed by atoms with E-state index >= 15 is 0 Å². The van der Waals surface area contributed by atoms with Crippen molar-refractivity contribution >= 4 is 34.4 Å². The highest BCUT2D eigenvalue weighted by molar-refractivity contribution is 6.07. The highest BCUT2D eigenvalue weighted by atomic mass is 16.7. The topological polar surface area (TPSA) is 78.0 Å². The number of allylic oxidation sites excluding steroid dienone is 1. The molecule has 1 aromatic heterocycles. The molecule has 3 heterocycles. The molecule has 3 aliphatic rings. The quantitative estimate of drug-likeness (QED) is 0.412. The zero-order chi connectivity index (χ0) is 26.2. The maximum Gasteiger partial charge on any atom is 0.339 e. The standard InChI is InChI=1S/C31H32N2O5/c1-19-7-5-8-20(2)33(19)28(34)17-36-31(35)29-23-10-3-4-12-25(23)32-30-22(9-6-11-24(29)30)15-21-13-14-26-27(16-21)38-18-37-26/h3-4,10,12-16,19-20H,5-9,11,17-18H2,1-2H3/b22-15-/t19-,20-/m1/s1. The Kier molecular flexibility index (Phi) is 6.52. The molecule has 0 spiro atoms. The maximum absolute atomic E-state index is 13.6. The molecular formula is C31H32N2O5. The number of rotatable bonds is 4. The van der Waals surface area contributed by atoms with Gasteiger partial charge in [0.25, 0.3) is 5.91 Å². The van der Waals surface area contributed by atoms with Gasteiger partial charge in [-0.3, -0.25) is 4.79 Å². The second-order valence-corrected chi connectivity index (χ2v) is 10.5. The highest BCUT2D eigenvalue weighted by Crippen LogP contribution is 2.38. The van der Waals surface area contributed by atoms with Gasteiger partial charge < -0.3 is 19.1 Å². The van der Waals surface area contributed by atoms with Crippen molar-refractivity contribution in [2.24, 2.45) is 0 Å². The largest absolute Gasteiger partial charge is 0.454 e. The number of carbonyl (C=O) groups excluding carboxylic acids is 2. The van der Waals surface area contributed by atoms with Gasteiger partial charge in [-0.05, 0) is 93.3 Å². The molecule has 0 bridgehead atoms. The van der Waals surface area contributed by atoms with Crippen LogP contribution in [-0.2, 0) is 16.0 Å². The second kappa shape index (κ2) is 10.1. The summed E-state index contributed by atoms with van der Waals surface area (Å²) in [5.41, 5.74) is 5.03. The number of piperidine rings is 1. The minimum Gasteiger partial charge on any atom is -0.454 e. The smallest absolute Gasteiger partial charge is 0.339 e. The summed E-state index contributed by atoms with van der Waals surface area (Å²) in [6, 6.07) is 13.8. The number of likely N-dealkylation sites (tertiary alicyclic amines) is 1. The monoisotopic (exact) mass is 512 g/mol. The van der Waals surface area contributed by atoms with Gasteiger partial charge in [0.15, 0.2) is 18.1 Å². The van der Waals surface area contributed by atoms with Crippen LogP contribution in [-0.4, -0.2) is 47.2 Å². The summed E-state index contributed by atoms with van der Waals surface area (Å²) in [6.07, 6.45) is 7.65. The van der Waals surface area contributed by atoms with Gasteiger partial charge in [0.1, 0.15) is 0 Å². The Morgan fingerprint density at radius 3 is 2.66 bits per heavy atom. The number of ether oxygens (including phenoxy) is 3. The first-order valence-corrected chi connectivity index (χ1v) is 13.5. The zero-order valence-corrected chi connectivity index (χ0v) is 21.9. The van der Waals surface area contributed by atoms with Crippen LogP contribution in [0.3, 0.4) is 0 Å². The van der Waals surface area contributed by atoms with Crippen LogP contribution in [0, 0.1) is 0 Å². The summed E-state index contributed by atoms with van der Waals surface area (Å²) in [7, 11) is 0. The van der Waals surface area contributed by atoms with E-state index in [1.165, 1.54) is 0 Å². The van der Waals surface area contributed by atoms with Crippen molar-refractivity contribution in [2.45, 2.75) is 64.5 Å². The molecule has 2 atom stereocenters. The zero-order valence-electron chi connectivity index (χ0n) is 21.9. The van der Waals surface area contributed by atoms with Crippen molar-refractivity contribution in [2.75, 3.05) is 13.4 Å². The van der Waals surface area contributed by atoms with E-state index in [9.17, 15) is 9.59 Å². The average Bonchev–Trinajstić information content (AvgIpc) is 3.39. The Labute approximate surface area is 222 Å². The normalized spacial score (nSPS) is 21.4. The van der Waals surface area contributed by atoms with E-state index in [1.54, 1.807) is 0 Å². The van der Waals surface area contributed by atoms with Crippen LogP contribution in [0.2, 0.25) is 0 Å². The van der Waals surface area contributed by atoms with Crippen LogP contribution in [0.4, 0.5) is 0 Å². The summed E-state index contributed by atoms with van der Waals surface area (Å²) < 4.78 is 16.7. The van der Waals surface area contributed by atoms with E-state index in [1.807, 2.05) is 47.4 Å².